The van der Waals surface area contributed by atoms with Gasteiger partial charge < -0.3 is 19.1 Å². The number of aromatic nitrogens is 1. The van der Waals surface area contributed by atoms with Crippen LogP contribution in [-0.4, -0.2) is 48.7 Å². The highest BCUT2D eigenvalue weighted by molar-refractivity contribution is 7.16. The number of fused-ring (bicyclic) bond motifs is 1. The van der Waals surface area contributed by atoms with E-state index in [0.717, 1.165) is 55.0 Å². The Kier molecular flexibility index (Phi) is 6.35. The molecule has 1 saturated heterocycles. The average molecular weight is 460 g/mol. The minimum Gasteiger partial charge on any atom is -0.495 e. The molecule has 170 valence electrons. The number of hydrogen-bond donors (Lipinski definition) is 0. The van der Waals surface area contributed by atoms with Crippen molar-refractivity contribution in [3.05, 3.63) is 83.4 Å². The Balaban J connectivity index is 1.29. The van der Waals surface area contributed by atoms with E-state index in [1.807, 2.05) is 23.1 Å². The standard InChI is InChI=1S/C27H29N3O2S/c1-32-25-12-6-5-11-23(25)28-15-17-29(18-16-28)26(31)24-20-22-13-19-33-27(22)30(24)14-7-10-21-8-3-2-4-9-21/h2-6,8-9,11-13,19-20H,7,10,14-18H2,1H3. The Labute approximate surface area is 198 Å². The molecular formula is C27H29N3O2S. The van der Waals surface area contributed by atoms with Crippen LogP contribution in [0.3, 0.4) is 0 Å². The van der Waals surface area contributed by atoms with Gasteiger partial charge in [0.15, 0.2) is 0 Å². The number of anilines is 1. The molecule has 6 heteroatoms. The number of hydrogen-bond acceptors (Lipinski definition) is 4. The Morgan fingerprint density at radius 3 is 2.52 bits per heavy atom. The predicted octanol–water partition coefficient (Wildman–Crippen LogP) is 5.31. The Morgan fingerprint density at radius 2 is 1.73 bits per heavy atom. The number of carbonyl (C=O) groups excluding carboxylic acids is 1. The summed E-state index contributed by atoms with van der Waals surface area (Å²) in [5.41, 5.74) is 3.25. The normalized spacial score (nSPS) is 14.1. The molecule has 1 aliphatic rings. The smallest absolute Gasteiger partial charge is 0.270 e. The summed E-state index contributed by atoms with van der Waals surface area (Å²) < 4.78 is 7.76. The van der Waals surface area contributed by atoms with Crippen molar-refractivity contribution in [2.24, 2.45) is 0 Å². The Hall–Kier alpha value is -3.25. The third-order valence-corrected chi connectivity index (χ3v) is 7.36. The second-order valence-corrected chi connectivity index (χ2v) is 9.30. The van der Waals surface area contributed by atoms with Crippen LogP contribution < -0.4 is 9.64 Å². The van der Waals surface area contributed by atoms with Crippen molar-refractivity contribution in [2.45, 2.75) is 19.4 Å². The van der Waals surface area contributed by atoms with Gasteiger partial charge in [0.25, 0.3) is 5.91 Å². The van der Waals surface area contributed by atoms with Crippen LogP contribution in [0.1, 0.15) is 22.5 Å². The van der Waals surface area contributed by atoms with E-state index in [1.165, 1.54) is 10.4 Å². The summed E-state index contributed by atoms with van der Waals surface area (Å²) >= 11 is 1.72. The lowest BCUT2D eigenvalue weighted by atomic mass is 10.1. The van der Waals surface area contributed by atoms with Crippen molar-refractivity contribution in [1.29, 1.82) is 0 Å². The number of nitrogens with zero attached hydrogens (tertiary/aromatic N) is 3. The SMILES string of the molecule is COc1ccccc1N1CCN(C(=O)c2cc3ccsc3n2CCCc2ccccc2)CC1. The maximum Gasteiger partial charge on any atom is 0.270 e. The molecule has 0 atom stereocenters. The summed E-state index contributed by atoms with van der Waals surface area (Å²) in [5, 5.41) is 3.27. The fourth-order valence-electron chi connectivity index (χ4n) is 4.66. The van der Waals surface area contributed by atoms with Crippen LogP contribution in [0.4, 0.5) is 5.69 Å². The third kappa shape index (κ3) is 4.48. The van der Waals surface area contributed by atoms with Gasteiger partial charge in [-0.15, -0.1) is 11.3 Å². The number of piperazine rings is 1. The molecular weight excluding hydrogens is 430 g/mol. The van der Waals surface area contributed by atoms with Crippen LogP contribution in [0.5, 0.6) is 5.75 Å². The van der Waals surface area contributed by atoms with Crippen LogP contribution in [-0.2, 0) is 13.0 Å². The Bertz CT molecular complexity index is 1220. The van der Waals surface area contributed by atoms with Crippen LogP contribution >= 0.6 is 11.3 Å². The fraction of sp³-hybridized carbons (Fsp3) is 0.296. The van der Waals surface area contributed by atoms with E-state index in [4.69, 9.17) is 4.74 Å². The summed E-state index contributed by atoms with van der Waals surface area (Å²) in [5.74, 6) is 1.02. The van der Waals surface area contributed by atoms with Crippen LogP contribution in [0, 0.1) is 0 Å². The van der Waals surface area contributed by atoms with E-state index >= 15 is 0 Å². The van der Waals surface area contributed by atoms with Gasteiger partial charge in [-0.1, -0.05) is 42.5 Å². The Morgan fingerprint density at radius 1 is 0.970 bits per heavy atom. The monoisotopic (exact) mass is 459 g/mol. The molecule has 5 nitrogen and oxygen atoms in total. The molecule has 0 spiro atoms. The maximum absolute atomic E-state index is 13.6. The lowest BCUT2D eigenvalue weighted by Gasteiger charge is -2.36. The quantitative estimate of drug-likeness (QED) is 0.376. The number of thiophene rings is 1. The van der Waals surface area contributed by atoms with Crippen molar-refractivity contribution >= 4 is 33.1 Å². The van der Waals surface area contributed by atoms with Gasteiger partial charge in [0.2, 0.25) is 0 Å². The number of aryl methyl sites for hydroxylation is 2. The molecule has 0 radical (unpaired) electrons. The van der Waals surface area contributed by atoms with Gasteiger partial charge in [-0.25, -0.2) is 0 Å². The number of amides is 1. The average Bonchev–Trinajstić information content (AvgIpc) is 3.47. The molecule has 33 heavy (non-hydrogen) atoms. The number of benzene rings is 2. The minimum absolute atomic E-state index is 0.137. The van der Waals surface area contributed by atoms with Crippen molar-refractivity contribution in [1.82, 2.24) is 9.47 Å². The van der Waals surface area contributed by atoms with E-state index in [1.54, 1.807) is 18.4 Å². The molecule has 1 amide bonds. The van der Waals surface area contributed by atoms with Crippen LogP contribution in [0.2, 0.25) is 0 Å². The number of carbonyl (C=O) groups is 1. The molecule has 5 rings (SSSR count). The molecule has 2 aromatic carbocycles. The first kappa shape index (κ1) is 21.6. The minimum atomic E-state index is 0.137. The van der Waals surface area contributed by atoms with Gasteiger partial charge in [0.05, 0.1) is 12.8 Å². The number of methoxy groups -OCH3 is 1. The molecule has 0 saturated carbocycles. The second kappa shape index (κ2) is 9.71. The first-order valence-electron chi connectivity index (χ1n) is 11.5. The van der Waals surface area contributed by atoms with E-state index in [9.17, 15) is 4.79 Å². The number of rotatable bonds is 7. The summed E-state index contributed by atoms with van der Waals surface area (Å²) in [7, 11) is 1.70. The molecule has 1 aliphatic heterocycles. The lowest BCUT2D eigenvalue weighted by molar-refractivity contribution is 0.0736. The summed E-state index contributed by atoms with van der Waals surface area (Å²) in [4.78, 5) is 19.1. The highest BCUT2D eigenvalue weighted by Crippen LogP contribution is 2.30. The van der Waals surface area contributed by atoms with E-state index in [2.05, 4.69) is 63.4 Å². The lowest BCUT2D eigenvalue weighted by Crippen LogP contribution is -2.49. The van der Waals surface area contributed by atoms with E-state index < -0.39 is 0 Å². The zero-order valence-electron chi connectivity index (χ0n) is 18.9. The van der Waals surface area contributed by atoms with E-state index in [-0.39, 0.29) is 5.91 Å². The van der Waals surface area contributed by atoms with Gasteiger partial charge in [0.1, 0.15) is 16.3 Å². The third-order valence-electron chi connectivity index (χ3n) is 6.40. The molecule has 0 N–H and O–H groups in total. The van der Waals surface area contributed by atoms with Gasteiger partial charge >= 0.3 is 0 Å². The molecule has 1 fully saturated rings. The number of ether oxygens (including phenoxy) is 1. The van der Waals surface area contributed by atoms with E-state index in [0.29, 0.717) is 13.1 Å². The zero-order chi connectivity index (χ0) is 22.6. The summed E-state index contributed by atoms with van der Waals surface area (Å²) in [6.07, 6.45) is 2.02. The van der Waals surface area contributed by atoms with Crippen molar-refractivity contribution in [3.63, 3.8) is 0 Å². The fourth-order valence-corrected chi connectivity index (χ4v) is 5.59. The van der Waals surface area contributed by atoms with Gasteiger partial charge in [-0.05, 0) is 48.1 Å². The zero-order valence-corrected chi connectivity index (χ0v) is 19.8. The second-order valence-electron chi connectivity index (χ2n) is 8.40. The number of para-hydroxylation sites is 2. The maximum atomic E-state index is 13.6. The molecule has 0 bridgehead atoms. The van der Waals surface area contributed by atoms with Crippen LogP contribution in [0.25, 0.3) is 10.2 Å². The van der Waals surface area contributed by atoms with Gasteiger partial charge in [0, 0.05) is 38.1 Å². The summed E-state index contributed by atoms with van der Waals surface area (Å²) in [6.45, 7) is 3.87. The highest BCUT2D eigenvalue weighted by atomic mass is 32.1. The molecule has 3 heterocycles. The highest BCUT2D eigenvalue weighted by Gasteiger charge is 2.26. The molecule has 0 unspecified atom stereocenters. The van der Waals surface area contributed by atoms with Gasteiger partial charge in [-0.3, -0.25) is 4.79 Å². The molecule has 0 aliphatic carbocycles. The predicted molar refractivity (Wildman–Crippen MR) is 136 cm³/mol. The van der Waals surface area contributed by atoms with Crippen molar-refractivity contribution in [3.8, 4) is 5.75 Å². The van der Waals surface area contributed by atoms with Gasteiger partial charge in [-0.2, -0.15) is 0 Å². The van der Waals surface area contributed by atoms with Crippen molar-refractivity contribution < 1.29 is 9.53 Å². The van der Waals surface area contributed by atoms with Crippen molar-refractivity contribution in [2.75, 3.05) is 38.2 Å². The molecule has 4 aromatic rings. The van der Waals surface area contributed by atoms with Crippen LogP contribution in [0.15, 0.2) is 72.1 Å². The molecule has 2 aromatic heterocycles. The largest absolute Gasteiger partial charge is 0.495 e. The first-order chi connectivity index (χ1) is 16.2. The first-order valence-corrected chi connectivity index (χ1v) is 12.4. The topological polar surface area (TPSA) is 37.7 Å². The summed E-state index contributed by atoms with van der Waals surface area (Å²) in [6, 6.07) is 22.8.